The lowest BCUT2D eigenvalue weighted by atomic mass is 10.0. The van der Waals surface area contributed by atoms with Crippen LogP contribution in [-0.4, -0.2) is 24.0 Å². The quantitative estimate of drug-likeness (QED) is 0.937. The first-order chi connectivity index (χ1) is 10.3. The van der Waals surface area contributed by atoms with Crippen LogP contribution in [0, 0.1) is 0 Å². The van der Waals surface area contributed by atoms with Crippen molar-refractivity contribution in [3.63, 3.8) is 0 Å². The maximum Gasteiger partial charge on any atom is 0.122 e. The standard InChI is InChI=1S/C18H24N2O/c1-2-16(19)18(17-8-5-13-21-17)20-11-9-14-6-3-4-7-15(14)10-12-20/h3-8,13,16,18H,2,9-12,19H2,1H3. The van der Waals surface area contributed by atoms with E-state index in [0.29, 0.717) is 0 Å². The van der Waals surface area contributed by atoms with E-state index in [1.54, 1.807) is 6.26 Å². The summed E-state index contributed by atoms with van der Waals surface area (Å²) in [6.07, 6.45) is 4.87. The molecule has 2 unspecified atom stereocenters. The molecule has 0 aliphatic carbocycles. The number of furan rings is 1. The average Bonchev–Trinajstić information content (AvgIpc) is 2.95. The highest BCUT2D eigenvalue weighted by Gasteiger charge is 2.29. The molecule has 3 rings (SSSR count). The summed E-state index contributed by atoms with van der Waals surface area (Å²) in [6, 6.07) is 13.1. The Morgan fingerprint density at radius 3 is 2.29 bits per heavy atom. The molecule has 1 aromatic heterocycles. The molecule has 0 bridgehead atoms. The van der Waals surface area contributed by atoms with Crippen LogP contribution in [0.1, 0.15) is 36.3 Å². The summed E-state index contributed by atoms with van der Waals surface area (Å²) in [4.78, 5) is 2.49. The third-order valence-corrected chi connectivity index (χ3v) is 4.56. The molecule has 112 valence electrons. The largest absolute Gasteiger partial charge is 0.468 e. The zero-order valence-corrected chi connectivity index (χ0v) is 12.7. The van der Waals surface area contributed by atoms with Gasteiger partial charge >= 0.3 is 0 Å². The van der Waals surface area contributed by atoms with E-state index in [4.69, 9.17) is 10.2 Å². The highest BCUT2D eigenvalue weighted by atomic mass is 16.3. The van der Waals surface area contributed by atoms with Crippen LogP contribution in [0.4, 0.5) is 0 Å². The lowest BCUT2D eigenvalue weighted by Crippen LogP contribution is -2.42. The maximum atomic E-state index is 6.39. The highest BCUT2D eigenvalue weighted by molar-refractivity contribution is 5.29. The van der Waals surface area contributed by atoms with Crippen molar-refractivity contribution in [2.75, 3.05) is 13.1 Å². The van der Waals surface area contributed by atoms with Crippen LogP contribution in [0.15, 0.2) is 47.1 Å². The Morgan fingerprint density at radius 2 is 1.76 bits per heavy atom. The molecule has 1 aromatic carbocycles. The van der Waals surface area contributed by atoms with Crippen LogP contribution in [-0.2, 0) is 12.8 Å². The molecule has 3 heteroatoms. The topological polar surface area (TPSA) is 42.4 Å². The SMILES string of the molecule is CCC(N)C(c1ccco1)N1CCc2ccccc2CC1. The lowest BCUT2D eigenvalue weighted by Gasteiger charge is -2.33. The van der Waals surface area contributed by atoms with Gasteiger partial charge in [-0.1, -0.05) is 31.2 Å². The lowest BCUT2D eigenvalue weighted by molar-refractivity contribution is 0.154. The van der Waals surface area contributed by atoms with Crippen molar-refractivity contribution in [3.8, 4) is 0 Å². The number of hydrogen-bond donors (Lipinski definition) is 1. The van der Waals surface area contributed by atoms with E-state index in [0.717, 1.165) is 38.1 Å². The Kier molecular flexibility index (Phi) is 4.42. The Balaban J connectivity index is 1.82. The number of hydrogen-bond acceptors (Lipinski definition) is 3. The van der Waals surface area contributed by atoms with Crippen molar-refractivity contribution < 1.29 is 4.42 Å². The molecule has 0 radical (unpaired) electrons. The minimum absolute atomic E-state index is 0.109. The molecule has 0 saturated heterocycles. The summed E-state index contributed by atoms with van der Waals surface area (Å²) < 4.78 is 5.67. The molecule has 2 heterocycles. The van der Waals surface area contributed by atoms with Crippen molar-refractivity contribution in [2.45, 2.75) is 38.3 Å². The Morgan fingerprint density at radius 1 is 1.10 bits per heavy atom. The van der Waals surface area contributed by atoms with E-state index >= 15 is 0 Å². The summed E-state index contributed by atoms with van der Waals surface area (Å²) >= 11 is 0. The minimum atomic E-state index is 0.109. The Bertz CT molecular complexity index is 537. The van der Waals surface area contributed by atoms with Gasteiger partial charge in [-0.05, 0) is 42.5 Å². The molecule has 1 aliphatic rings. The van der Waals surface area contributed by atoms with Gasteiger partial charge in [-0.3, -0.25) is 4.90 Å². The van der Waals surface area contributed by atoms with Gasteiger partial charge in [-0.2, -0.15) is 0 Å². The molecule has 1 aliphatic heterocycles. The normalized spacial score (nSPS) is 18.8. The number of nitrogens with zero attached hydrogens (tertiary/aromatic N) is 1. The second-order valence-electron chi connectivity index (χ2n) is 5.84. The van der Waals surface area contributed by atoms with Crippen LogP contribution in [0.3, 0.4) is 0 Å². The molecular weight excluding hydrogens is 260 g/mol. The summed E-state index contributed by atoms with van der Waals surface area (Å²) in [6.45, 7) is 4.22. The first-order valence-corrected chi connectivity index (χ1v) is 7.89. The molecule has 21 heavy (non-hydrogen) atoms. The van der Waals surface area contributed by atoms with Crippen LogP contribution in [0.2, 0.25) is 0 Å². The van der Waals surface area contributed by atoms with Crippen molar-refractivity contribution in [2.24, 2.45) is 5.73 Å². The van der Waals surface area contributed by atoms with Crippen molar-refractivity contribution in [1.82, 2.24) is 4.90 Å². The van der Waals surface area contributed by atoms with Gasteiger partial charge < -0.3 is 10.2 Å². The van der Waals surface area contributed by atoms with Crippen LogP contribution < -0.4 is 5.73 Å². The predicted octanol–water partition coefficient (Wildman–Crippen LogP) is 3.16. The van der Waals surface area contributed by atoms with Crippen molar-refractivity contribution in [1.29, 1.82) is 0 Å². The van der Waals surface area contributed by atoms with Crippen LogP contribution >= 0.6 is 0 Å². The Labute approximate surface area is 126 Å². The fourth-order valence-electron chi connectivity index (χ4n) is 3.31. The zero-order chi connectivity index (χ0) is 14.7. The summed E-state index contributed by atoms with van der Waals surface area (Å²) in [7, 11) is 0. The van der Waals surface area contributed by atoms with Gasteiger partial charge in [0.15, 0.2) is 0 Å². The summed E-state index contributed by atoms with van der Waals surface area (Å²) in [5.74, 6) is 0.996. The van der Waals surface area contributed by atoms with E-state index in [2.05, 4.69) is 42.2 Å². The second kappa shape index (κ2) is 6.46. The molecule has 0 saturated carbocycles. The predicted molar refractivity (Wildman–Crippen MR) is 85.1 cm³/mol. The van der Waals surface area contributed by atoms with Gasteiger partial charge in [-0.15, -0.1) is 0 Å². The number of nitrogens with two attached hydrogens (primary N) is 1. The minimum Gasteiger partial charge on any atom is -0.468 e. The molecule has 2 aromatic rings. The first-order valence-electron chi connectivity index (χ1n) is 7.89. The summed E-state index contributed by atoms with van der Waals surface area (Å²) in [5.41, 5.74) is 9.34. The van der Waals surface area contributed by atoms with Crippen LogP contribution in [0.25, 0.3) is 0 Å². The van der Waals surface area contributed by atoms with Gasteiger partial charge in [0, 0.05) is 19.1 Å². The monoisotopic (exact) mass is 284 g/mol. The molecule has 2 N–H and O–H groups in total. The van der Waals surface area contributed by atoms with E-state index < -0.39 is 0 Å². The van der Waals surface area contributed by atoms with Gasteiger partial charge in [0.25, 0.3) is 0 Å². The number of rotatable bonds is 4. The van der Waals surface area contributed by atoms with E-state index in [1.165, 1.54) is 11.1 Å². The van der Waals surface area contributed by atoms with Crippen LogP contribution in [0.5, 0.6) is 0 Å². The number of benzene rings is 1. The molecular formula is C18H24N2O. The molecule has 2 atom stereocenters. The summed E-state index contributed by atoms with van der Waals surface area (Å²) in [5, 5.41) is 0. The second-order valence-corrected chi connectivity index (χ2v) is 5.84. The van der Waals surface area contributed by atoms with Gasteiger partial charge in [0.1, 0.15) is 5.76 Å². The zero-order valence-electron chi connectivity index (χ0n) is 12.7. The van der Waals surface area contributed by atoms with Crippen molar-refractivity contribution in [3.05, 3.63) is 59.5 Å². The smallest absolute Gasteiger partial charge is 0.122 e. The average molecular weight is 284 g/mol. The van der Waals surface area contributed by atoms with Crippen molar-refractivity contribution >= 4 is 0 Å². The van der Waals surface area contributed by atoms with E-state index in [1.807, 2.05) is 6.07 Å². The maximum absolute atomic E-state index is 6.39. The third-order valence-electron chi connectivity index (χ3n) is 4.56. The van der Waals surface area contributed by atoms with Gasteiger partial charge in [0.2, 0.25) is 0 Å². The first kappa shape index (κ1) is 14.4. The van der Waals surface area contributed by atoms with Gasteiger partial charge in [-0.25, -0.2) is 0 Å². The van der Waals surface area contributed by atoms with E-state index in [9.17, 15) is 0 Å². The molecule has 0 spiro atoms. The highest BCUT2D eigenvalue weighted by Crippen LogP contribution is 2.28. The molecule has 0 amide bonds. The Hall–Kier alpha value is -1.58. The van der Waals surface area contributed by atoms with E-state index in [-0.39, 0.29) is 12.1 Å². The third kappa shape index (κ3) is 3.04. The molecule has 0 fully saturated rings. The fraction of sp³-hybridized carbons (Fsp3) is 0.444. The molecule has 3 nitrogen and oxygen atoms in total. The number of fused-ring (bicyclic) bond motifs is 1. The fourth-order valence-corrected chi connectivity index (χ4v) is 3.31. The van der Waals surface area contributed by atoms with Gasteiger partial charge in [0.05, 0.1) is 12.3 Å².